The lowest BCUT2D eigenvalue weighted by Gasteiger charge is -1.42. The second kappa shape index (κ2) is 8.97. The van der Waals surface area contributed by atoms with Gasteiger partial charge in [-0.15, -0.1) is 0 Å². The Bertz CT molecular complexity index is 6.00. The largest absolute Gasteiger partial charge is 0.153 e. The molecule has 0 N–H and O–H groups in total. The molecular formula is H3I2PS. The number of halogens is 2. The third-order valence-corrected chi connectivity index (χ3v) is 0. The predicted octanol–water partition coefficient (Wildman–Crippen LogP) is 2.48. The summed E-state index contributed by atoms with van der Waals surface area (Å²) >= 11 is 4.38. The molecule has 0 rings (SSSR count). The van der Waals surface area contributed by atoms with Gasteiger partial charge in [0.05, 0.1) is 0 Å². The highest BCUT2D eigenvalue weighted by atomic mass is 127. The second-order valence-electron chi connectivity index (χ2n) is 0.0583. The first-order chi connectivity index (χ1) is 1.41. The molecule has 0 fully saturated rings. The smallest absolute Gasteiger partial charge is 0.00791 e. The Morgan fingerprint density at radius 3 is 1.25 bits per heavy atom. The van der Waals surface area contributed by atoms with E-state index in [4.69, 9.17) is 0 Å². The maximum atomic E-state index is 2.19. The zero-order valence-electron chi connectivity index (χ0n) is 1.87. The van der Waals surface area contributed by atoms with Crippen molar-refractivity contribution in [3.63, 3.8) is 0 Å². The van der Waals surface area contributed by atoms with Gasteiger partial charge in [-0.2, -0.15) is 9.90 Å². The highest BCUT2D eigenvalue weighted by Gasteiger charge is 1.41. The van der Waals surface area contributed by atoms with E-state index in [1.54, 1.807) is 6.10 Å². The van der Waals surface area contributed by atoms with E-state index in [9.17, 15) is 0 Å². The molecule has 0 heterocycles. The maximum absolute atomic E-state index is 2.19. The molecule has 0 saturated carbocycles. The minimum absolute atomic E-state index is 0. The quantitative estimate of drug-likeness (QED) is 0.488. The Labute approximate surface area is 57.7 Å². The number of rotatable bonds is 0. The Kier molecular flexibility index (Phi) is 21.4. The standard InChI is InChI=1S/I2S.H3P/c1-3-2;/h;1H3. The minimum Gasteiger partial charge on any atom is -0.153 e. The van der Waals surface area contributed by atoms with Crippen molar-refractivity contribution in [2.24, 2.45) is 0 Å². The summed E-state index contributed by atoms with van der Waals surface area (Å²) in [5.41, 5.74) is 0. The van der Waals surface area contributed by atoms with Crippen molar-refractivity contribution in [3.8, 4) is 0 Å². The minimum atomic E-state index is 0. The summed E-state index contributed by atoms with van der Waals surface area (Å²) < 4.78 is 0. The molecule has 0 aliphatic heterocycles. The average Bonchev–Trinajstić information content (AvgIpc) is 0.918. The van der Waals surface area contributed by atoms with E-state index in [-0.39, 0.29) is 9.90 Å². The monoisotopic (exact) mass is 320 g/mol. The van der Waals surface area contributed by atoms with Gasteiger partial charge in [-0.1, -0.05) is 0 Å². The number of hydrogen-bond donors (Lipinski definition) is 0. The first-order valence-corrected chi connectivity index (χ1v) is 6.21. The van der Waals surface area contributed by atoms with Crippen LogP contribution >= 0.6 is 58.4 Å². The summed E-state index contributed by atoms with van der Waals surface area (Å²) in [7, 11) is 0. The van der Waals surface area contributed by atoms with Crippen LogP contribution in [-0.2, 0) is 0 Å². The van der Waals surface area contributed by atoms with Crippen molar-refractivity contribution in [1.82, 2.24) is 0 Å². The van der Waals surface area contributed by atoms with Gasteiger partial charge in [-0.25, -0.2) is 0 Å². The molecule has 1 unspecified atom stereocenters. The zero-order chi connectivity index (χ0) is 2.71. The summed E-state index contributed by atoms with van der Waals surface area (Å²) in [5.74, 6) is 0. The third kappa shape index (κ3) is 8.87. The van der Waals surface area contributed by atoms with Crippen LogP contribution in [0.3, 0.4) is 0 Å². The molecule has 0 aliphatic carbocycles. The molecule has 0 amide bonds. The fourth-order valence-electron chi connectivity index (χ4n) is 0. The lowest BCUT2D eigenvalue weighted by Crippen LogP contribution is -0.652. The van der Waals surface area contributed by atoms with Gasteiger partial charge in [0.25, 0.3) is 0 Å². The van der Waals surface area contributed by atoms with Gasteiger partial charge < -0.3 is 0 Å². The Hall–Kier alpha value is 2.24. The van der Waals surface area contributed by atoms with Gasteiger partial charge in [0, 0.05) is 42.4 Å². The lowest BCUT2D eigenvalue weighted by molar-refractivity contribution is 6.92. The van der Waals surface area contributed by atoms with Gasteiger partial charge >= 0.3 is 0 Å². The SMILES string of the molecule is ISI.P. The van der Waals surface area contributed by atoms with Crippen molar-refractivity contribution >= 4 is 58.4 Å². The van der Waals surface area contributed by atoms with E-state index in [1.165, 1.54) is 0 Å². The van der Waals surface area contributed by atoms with Crippen molar-refractivity contribution in [2.75, 3.05) is 0 Å². The first-order valence-electron chi connectivity index (χ1n) is 0.309. The second-order valence-corrected chi connectivity index (χ2v) is 7.87. The van der Waals surface area contributed by atoms with Crippen molar-refractivity contribution in [3.05, 3.63) is 0 Å². The van der Waals surface area contributed by atoms with Crippen LogP contribution in [0, 0.1) is 0 Å². The summed E-state index contributed by atoms with van der Waals surface area (Å²) in [6, 6.07) is 0. The van der Waals surface area contributed by atoms with E-state index in [1.807, 2.05) is 0 Å². The molecule has 28 valence electrons. The van der Waals surface area contributed by atoms with Gasteiger partial charge in [0.1, 0.15) is 0 Å². The van der Waals surface area contributed by atoms with Crippen molar-refractivity contribution in [2.45, 2.75) is 0 Å². The maximum Gasteiger partial charge on any atom is 0.00791 e. The predicted molar refractivity (Wildman–Crippen MR) is 46.7 cm³/mol. The average molecular weight is 320 g/mol. The molecule has 0 saturated heterocycles. The summed E-state index contributed by atoms with van der Waals surface area (Å²) in [6.07, 6.45) is 1.69. The van der Waals surface area contributed by atoms with Gasteiger partial charge in [0.15, 0.2) is 0 Å². The van der Waals surface area contributed by atoms with Gasteiger partial charge in [0.2, 0.25) is 0 Å². The molecule has 1 atom stereocenters. The van der Waals surface area contributed by atoms with E-state index in [2.05, 4.69) is 42.4 Å². The molecule has 0 spiro atoms. The molecule has 0 aromatic carbocycles. The van der Waals surface area contributed by atoms with Crippen LogP contribution in [0.1, 0.15) is 0 Å². The van der Waals surface area contributed by atoms with E-state index < -0.39 is 0 Å². The lowest BCUT2D eigenvalue weighted by atomic mass is 31.0. The van der Waals surface area contributed by atoms with Gasteiger partial charge in [-0.05, 0) is 6.10 Å². The molecule has 0 radical (unpaired) electrons. The Morgan fingerprint density at radius 2 is 1.25 bits per heavy atom. The van der Waals surface area contributed by atoms with Crippen LogP contribution < -0.4 is 0 Å². The highest BCUT2D eigenvalue weighted by Crippen LogP contribution is 2.19. The first kappa shape index (κ1) is 9.53. The third-order valence-electron chi connectivity index (χ3n) is 0. The van der Waals surface area contributed by atoms with Crippen LogP contribution in [0.4, 0.5) is 0 Å². The van der Waals surface area contributed by atoms with Crippen LogP contribution in [0.2, 0.25) is 0 Å². The fourth-order valence-corrected chi connectivity index (χ4v) is 0. The summed E-state index contributed by atoms with van der Waals surface area (Å²) in [5, 5.41) is 0. The van der Waals surface area contributed by atoms with Crippen LogP contribution in [0.5, 0.6) is 0 Å². The van der Waals surface area contributed by atoms with Crippen molar-refractivity contribution < 1.29 is 0 Å². The molecule has 0 aromatic heterocycles. The summed E-state index contributed by atoms with van der Waals surface area (Å²) in [4.78, 5) is 0. The van der Waals surface area contributed by atoms with Crippen molar-refractivity contribution in [1.29, 1.82) is 0 Å². The zero-order valence-corrected chi connectivity index (χ0v) is 8.42. The van der Waals surface area contributed by atoms with Crippen LogP contribution in [0.25, 0.3) is 0 Å². The number of hydrogen-bond acceptors (Lipinski definition) is 1. The van der Waals surface area contributed by atoms with E-state index >= 15 is 0 Å². The molecule has 0 bridgehead atoms. The molecule has 0 aliphatic rings. The Balaban J connectivity index is 0. The molecular weight excluding hydrogens is 317 g/mol. The molecule has 0 nitrogen and oxygen atoms in total. The fraction of sp³-hybridized carbons (Fsp3) is 0. The molecule has 0 aromatic rings. The van der Waals surface area contributed by atoms with E-state index in [0.29, 0.717) is 0 Å². The van der Waals surface area contributed by atoms with Crippen LogP contribution in [-0.4, -0.2) is 0 Å². The van der Waals surface area contributed by atoms with Crippen LogP contribution in [0.15, 0.2) is 0 Å². The topological polar surface area (TPSA) is 0 Å². The molecule has 4 heavy (non-hydrogen) atoms. The summed E-state index contributed by atoms with van der Waals surface area (Å²) in [6.45, 7) is 0. The van der Waals surface area contributed by atoms with Gasteiger partial charge in [-0.3, -0.25) is 0 Å². The normalized spacial score (nSPS) is 4.50. The van der Waals surface area contributed by atoms with E-state index in [0.717, 1.165) is 0 Å². The molecule has 4 heteroatoms. The highest BCUT2D eigenvalue weighted by molar-refractivity contribution is 14.3. The Morgan fingerprint density at radius 1 is 1.25 bits per heavy atom.